The molecule has 0 bridgehead atoms. The van der Waals surface area contributed by atoms with Gasteiger partial charge in [-0.15, -0.1) is 0 Å². The number of rotatable bonds is 2. The van der Waals surface area contributed by atoms with Crippen molar-refractivity contribution in [3.05, 3.63) is 34.1 Å². The summed E-state index contributed by atoms with van der Waals surface area (Å²) in [5, 5.41) is 3.14. The van der Waals surface area contributed by atoms with E-state index in [1.165, 1.54) is 0 Å². The molecule has 1 aromatic carbocycles. The van der Waals surface area contributed by atoms with Gasteiger partial charge in [0.1, 0.15) is 5.82 Å². The van der Waals surface area contributed by atoms with Crippen LogP contribution in [0.25, 0.3) is 0 Å². The van der Waals surface area contributed by atoms with Gasteiger partial charge >= 0.3 is 0 Å². The largest absolute Gasteiger partial charge is 0.399 e. The lowest BCUT2D eigenvalue weighted by molar-refractivity contribution is 0.102. The van der Waals surface area contributed by atoms with E-state index in [9.17, 15) is 4.79 Å². The number of aromatic nitrogens is 2. The lowest BCUT2D eigenvalue weighted by atomic mass is 10.2. The molecule has 3 N–H and O–H groups in total. The molecule has 0 saturated heterocycles. The van der Waals surface area contributed by atoms with E-state index in [1.807, 2.05) is 0 Å². The number of nitrogens with one attached hydrogen (secondary N) is 1. The second-order valence-corrected chi connectivity index (χ2v) is 4.95. The Labute approximate surface area is 110 Å². The van der Waals surface area contributed by atoms with Crippen LogP contribution in [0, 0.1) is 6.92 Å². The number of aryl methyl sites for hydroxylation is 1. The molecule has 7 heteroatoms. The number of hydrogen-bond acceptors (Lipinski definition) is 5. The van der Waals surface area contributed by atoms with Gasteiger partial charge in [-0.3, -0.25) is 10.1 Å². The maximum atomic E-state index is 11.9. The molecule has 1 amide bonds. The summed E-state index contributed by atoms with van der Waals surface area (Å²) in [6.07, 6.45) is 0. The monoisotopic (exact) mass is 312 g/mol. The van der Waals surface area contributed by atoms with Crippen LogP contribution in [0.4, 0.5) is 10.8 Å². The highest BCUT2D eigenvalue weighted by Gasteiger charge is 2.12. The van der Waals surface area contributed by atoms with Crippen molar-refractivity contribution in [3.8, 4) is 0 Å². The standard InChI is InChI=1S/C10H9BrN4OS/c1-5-13-10(17-15-5)14-9(16)7-4-6(12)2-3-8(7)11/h2-4H,12H2,1H3,(H,13,14,15,16). The summed E-state index contributed by atoms with van der Waals surface area (Å²) >= 11 is 4.44. The van der Waals surface area contributed by atoms with Crippen molar-refractivity contribution < 1.29 is 4.79 Å². The Morgan fingerprint density at radius 2 is 2.29 bits per heavy atom. The lowest BCUT2D eigenvalue weighted by Gasteiger charge is -2.04. The first kappa shape index (κ1) is 12.0. The van der Waals surface area contributed by atoms with Crippen LogP contribution < -0.4 is 11.1 Å². The van der Waals surface area contributed by atoms with Crippen molar-refractivity contribution >= 4 is 44.2 Å². The molecule has 0 spiro atoms. The molecule has 0 aliphatic rings. The van der Waals surface area contributed by atoms with E-state index in [4.69, 9.17) is 5.73 Å². The van der Waals surface area contributed by atoms with Gasteiger partial charge in [-0.1, -0.05) is 0 Å². The van der Waals surface area contributed by atoms with Gasteiger partial charge in [-0.05, 0) is 41.1 Å². The zero-order valence-electron chi connectivity index (χ0n) is 8.90. The van der Waals surface area contributed by atoms with Crippen molar-refractivity contribution in [2.45, 2.75) is 6.92 Å². The molecule has 17 heavy (non-hydrogen) atoms. The van der Waals surface area contributed by atoms with E-state index >= 15 is 0 Å². The predicted molar refractivity (Wildman–Crippen MR) is 71.2 cm³/mol. The molecule has 0 saturated carbocycles. The second kappa shape index (κ2) is 4.80. The molecule has 0 atom stereocenters. The normalized spacial score (nSPS) is 10.2. The van der Waals surface area contributed by atoms with E-state index in [2.05, 4.69) is 30.6 Å². The van der Waals surface area contributed by atoms with Crippen molar-refractivity contribution in [3.63, 3.8) is 0 Å². The summed E-state index contributed by atoms with van der Waals surface area (Å²) < 4.78 is 4.67. The Kier molecular flexibility index (Phi) is 3.39. The summed E-state index contributed by atoms with van der Waals surface area (Å²) in [5.41, 5.74) is 6.64. The van der Waals surface area contributed by atoms with Gasteiger partial charge in [-0.25, -0.2) is 4.98 Å². The van der Waals surface area contributed by atoms with Gasteiger partial charge in [0.25, 0.3) is 5.91 Å². The Bertz CT molecular complexity index is 569. The summed E-state index contributed by atoms with van der Waals surface area (Å²) in [6, 6.07) is 5.05. The Balaban J connectivity index is 2.22. The molecule has 0 unspecified atom stereocenters. The van der Waals surface area contributed by atoms with Crippen molar-refractivity contribution in [1.82, 2.24) is 9.36 Å². The van der Waals surface area contributed by atoms with E-state index in [1.54, 1.807) is 25.1 Å². The topological polar surface area (TPSA) is 80.9 Å². The molecule has 0 aliphatic carbocycles. The molecule has 2 aromatic rings. The number of amides is 1. The lowest BCUT2D eigenvalue weighted by Crippen LogP contribution is -2.12. The van der Waals surface area contributed by atoms with E-state index < -0.39 is 0 Å². The van der Waals surface area contributed by atoms with Gasteiger partial charge in [0.2, 0.25) is 5.13 Å². The van der Waals surface area contributed by atoms with Crippen molar-refractivity contribution in [1.29, 1.82) is 0 Å². The molecular formula is C10H9BrN4OS. The number of anilines is 2. The fourth-order valence-electron chi connectivity index (χ4n) is 1.23. The average Bonchev–Trinajstić information content (AvgIpc) is 2.67. The fourth-order valence-corrected chi connectivity index (χ4v) is 2.23. The first-order valence-corrected chi connectivity index (χ1v) is 6.29. The van der Waals surface area contributed by atoms with Crippen LogP contribution in [-0.2, 0) is 0 Å². The molecule has 0 aliphatic heterocycles. The minimum Gasteiger partial charge on any atom is -0.399 e. The van der Waals surface area contributed by atoms with E-state index in [0.717, 1.165) is 11.5 Å². The Morgan fingerprint density at radius 1 is 1.53 bits per heavy atom. The van der Waals surface area contributed by atoms with Crippen LogP contribution in [0.15, 0.2) is 22.7 Å². The Morgan fingerprint density at radius 3 is 2.94 bits per heavy atom. The molecule has 1 aromatic heterocycles. The zero-order valence-corrected chi connectivity index (χ0v) is 11.3. The van der Waals surface area contributed by atoms with E-state index in [-0.39, 0.29) is 5.91 Å². The average molecular weight is 313 g/mol. The summed E-state index contributed by atoms with van der Waals surface area (Å²) in [7, 11) is 0. The van der Waals surface area contributed by atoms with Gasteiger partial charge in [0.15, 0.2) is 0 Å². The fraction of sp³-hybridized carbons (Fsp3) is 0.100. The maximum absolute atomic E-state index is 11.9. The third kappa shape index (κ3) is 2.80. The highest BCUT2D eigenvalue weighted by atomic mass is 79.9. The number of halogens is 1. The van der Waals surface area contributed by atoms with Crippen LogP contribution in [0.5, 0.6) is 0 Å². The second-order valence-electron chi connectivity index (χ2n) is 3.34. The quantitative estimate of drug-likeness (QED) is 0.835. The van der Waals surface area contributed by atoms with Gasteiger partial charge in [0.05, 0.1) is 5.56 Å². The van der Waals surface area contributed by atoms with Crippen molar-refractivity contribution in [2.75, 3.05) is 11.1 Å². The smallest absolute Gasteiger partial charge is 0.258 e. The maximum Gasteiger partial charge on any atom is 0.258 e. The number of carbonyl (C=O) groups is 1. The zero-order chi connectivity index (χ0) is 12.4. The highest BCUT2D eigenvalue weighted by molar-refractivity contribution is 9.10. The SMILES string of the molecule is Cc1nsc(NC(=O)c2cc(N)ccc2Br)n1. The first-order valence-electron chi connectivity index (χ1n) is 4.73. The molecule has 5 nitrogen and oxygen atoms in total. The number of nitrogen functional groups attached to an aromatic ring is 1. The molecule has 0 fully saturated rings. The number of nitrogens with zero attached hydrogens (tertiary/aromatic N) is 2. The molecule has 0 radical (unpaired) electrons. The van der Waals surface area contributed by atoms with Crippen LogP contribution in [0.1, 0.15) is 16.2 Å². The third-order valence-corrected chi connectivity index (χ3v) is 3.40. The van der Waals surface area contributed by atoms with E-state index in [0.29, 0.717) is 26.7 Å². The number of nitrogens with two attached hydrogens (primary N) is 1. The van der Waals surface area contributed by atoms with Crippen LogP contribution >= 0.6 is 27.5 Å². The molecule has 2 rings (SSSR count). The minimum absolute atomic E-state index is 0.264. The van der Waals surface area contributed by atoms with Crippen LogP contribution in [0.2, 0.25) is 0 Å². The number of hydrogen-bond donors (Lipinski definition) is 2. The third-order valence-electron chi connectivity index (χ3n) is 1.98. The van der Waals surface area contributed by atoms with Gasteiger partial charge in [-0.2, -0.15) is 4.37 Å². The summed E-state index contributed by atoms with van der Waals surface area (Å²) in [5.74, 6) is 0.372. The summed E-state index contributed by atoms with van der Waals surface area (Å²) in [6.45, 7) is 1.77. The molecular weight excluding hydrogens is 304 g/mol. The number of carbonyl (C=O) groups excluding carboxylic acids is 1. The van der Waals surface area contributed by atoms with Crippen molar-refractivity contribution in [2.24, 2.45) is 0 Å². The summed E-state index contributed by atoms with van der Waals surface area (Å²) in [4.78, 5) is 16.0. The predicted octanol–water partition coefficient (Wildman–Crippen LogP) is 2.44. The number of benzene rings is 1. The minimum atomic E-state index is -0.264. The highest BCUT2D eigenvalue weighted by Crippen LogP contribution is 2.21. The first-order chi connectivity index (χ1) is 8.06. The van der Waals surface area contributed by atoms with Gasteiger partial charge in [0, 0.05) is 21.7 Å². The molecule has 1 heterocycles. The van der Waals surface area contributed by atoms with Crippen LogP contribution in [-0.4, -0.2) is 15.3 Å². The Hall–Kier alpha value is -1.47. The molecule has 88 valence electrons. The van der Waals surface area contributed by atoms with Gasteiger partial charge < -0.3 is 5.73 Å². The van der Waals surface area contributed by atoms with Crippen LogP contribution in [0.3, 0.4) is 0 Å².